The Morgan fingerprint density at radius 1 is 1.29 bits per heavy atom. The molecule has 1 aromatic carbocycles. The van der Waals surface area contributed by atoms with Crippen molar-refractivity contribution in [3.05, 3.63) is 53.6 Å². The van der Waals surface area contributed by atoms with E-state index in [1.54, 1.807) is 0 Å². The molecule has 0 aliphatic carbocycles. The largest absolute Gasteiger partial charge is 0.477 e. The van der Waals surface area contributed by atoms with Gasteiger partial charge < -0.3 is 20.5 Å². The van der Waals surface area contributed by atoms with Crippen molar-refractivity contribution in [2.75, 3.05) is 6.61 Å². The highest BCUT2D eigenvalue weighted by Crippen LogP contribution is 2.06. The summed E-state index contributed by atoms with van der Waals surface area (Å²) >= 11 is 0. The predicted octanol–water partition coefficient (Wildman–Crippen LogP) is 0.441. The third-order valence-electron chi connectivity index (χ3n) is 2.95. The van der Waals surface area contributed by atoms with Crippen molar-refractivity contribution in [2.45, 2.75) is 12.5 Å². The molecular weight excluding hydrogens is 274 g/mol. The van der Waals surface area contributed by atoms with E-state index in [1.807, 2.05) is 30.3 Å². The topological polar surface area (TPSA) is 115 Å². The van der Waals surface area contributed by atoms with Gasteiger partial charge in [0.25, 0.3) is 5.91 Å². The Hall–Kier alpha value is -2.67. The van der Waals surface area contributed by atoms with E-state index in [2.05, 4.69) is 15.3 Å². The zero-order chi connectivity index (χ0) is 15.2. The fourth-order valence-corrected chi connectivity index (χ4v) is 1.94. The van der Waals surface area contributed by atoms with Gasteiger partial charge >= 0.3 is 5.97 Å². The number of aromatic nitrogens is 2. The minimum Gasteiger partial charge on any atom is -0.477 e. The SMILES string of the molecule is O=C(NC(CO)Cc1ccccc1)c1nc[nH]c1C(=O)O. The summed E-state index contributed by atoms with van der Waals surface area (Å²) in [5, 5.41) is 20.9. The first-order valence-electron chi connectivity index (χ1n) is 6.34. The number of hydrogen-bond acceptors (Lipinski definition) is 4. The minimum absolute atomic E-state index is 0.200. The lowest BCUT2D eigenvalue weighted by atomic mass is 10.1. The second-order valence-electron chi connectivity index (χ2n) is 4.47. The van der Waals surface area contributed by atoms with Crippen molar-refractivity contribution in [3.8, 4) is 0 Å². The Morgan fingerprint density at radius 2 is 2.00 bits per heavy atom. The number of carbonyl (C=O) groups is 2. The molecule has 1 amide bonds. The Morgan fingerprint density at radius 3 is 2.62 bits per heavy atom. The van der Waals surface area contributed by atoms with Crippen molar-refractivity contribution in [1.82, 2.24) is 15.3 Å². The smallest absolute Gasteiger partial charge is 0.354 e. The summed E-state index contributed by atoms with van der Waals surface area (Å²) in [6.07, 6.45) is 1.58. The molecule has 0 fully saturated rings. The second kappa shape index (κ2) is 6.67. The summed E-state index contributed by atoms with van der Waals surface area (Å²) in [5.41, 5.74) is 0.482. The lowest BCUT2D eigenvalue weighted by Crippen LogP contribution is -2.39. The van der Waals surface area contributed by atoms with Crippen LogP contribution in [0.2, 0.25) is 0 Å². The van der Waals surface area contributed by atoms with Gasteiger partial charge in [0.15, 0.2) is 11.4 Å². The van der Waals surface area contributed by atoms with Crippen LogP contribution in [-0.4, -0.2) is 44.7 Å². The van der Waals surface area contributed by atoms with Crippen LogP contribution in [0.3, 0.4) is 0 Å². The molecule has 7 nitrogen and oxygen atoms in total. The number of carboxylic acid groups (broad SMARTS) is 1. The molecule has 0 radical (unpaired) electrons. The van der Waals surface area contributed by atoms with E-state index < -0.39 is 17.9 Å². The van der Waals surface area contributed by atoms with E-state index in [1.165, 1.54) is 0 Å². The maximum atomic E-state index is 12.0. The molecular formula is C14H15N3O4. The zero-order valence-electron chi connectivity index (χ0n) is 11.1. The molecule has 0 saturated carbocycles. The Bertz CT molecular complexity index is 624. The number of hydrogen-bond donors (Lipinski definition) is 4. The first-order valence-corrected chi connectivity index (χ1v) is 6.34. The molecule has 1 atom stereocenters. The van der Waals surface area contributed by atoms with E-state index >= 15 is 0 Å². The average Bonchev–Trinajstić information content (AvgIpc) is 2.97. The third-order valence-corrected chi connectivity index (χ3v) is 2.95. The van der Waals surface area contributed by atoms with Gasteiger partial charge in [0.1, 0.15) is 0 Å². The predicted molar refractivity (Wildman–Crippen MR) is 74.0 cm³/mol. The minimum atomic E-state index is -1.26. The zero-order valence-corrected chi connectivity index (χ0v) is 11.1. The van der Waals surface area contributed by atoms with Crippen LogP contribution in [0.5, 0.6) is 0 Å². The van der Waals surface area contributed by atoms with Crippen LogP contribution in [0, 0.1) is 0 Å². The van der Waals surface area contributed by atoms with Gasteiger partial charge in [0.05, 0.1) is 19.0 Å². The Kier molecular flexibility index (Phi) is 4.68. The van der Waals surface area contributed by atoms with Crippen LogP contribution < -0.4 is 5.32 Å². The van der Waals surface area contributed by atoms with E-state index in [9.17, 15) is 14.7 Å². The van der Waals surface area contributed by atoms with Gasteiger partial charge in [-0.15, -0.1) is 0 Å². The molecule has 1 heterocycles. The van der Waals surface area contributed by atoms with E-state index in [0.717, 1.165) is 11.9 Å². The number of amides is 1. The van der Waals surface area contributed by atoms with Crippen molar-refractivity contribution in [1.29, 1.82) is 0 Å². The maximum absolute atomic E-state index is 12.0. The average molecular weight is 289 g/mol. The van der Waals surface area contributed by atoms with E-state index in [-0.39, 0.29) is 18.0 Å². The molecule has 4 N–H and O–H groups in total. The molecule has 0 aliphatic rings. The molecule has 7 heteroatoms. The van der Waals surface area contributed by atoms with Gasteiger partial charge in [-0.3, -0.25) is 4.79 Å². The van der Waals surface area contributed by atoms with Crippen LogP contribution in [0.15, 0.2) is 36.7 Å². The standard InChI is InChI=1S/C14H15N3O4/c18-7-10(6-9-4-2-1-3-5-9)17-13(19)11-12(14(20)21)16-8-15-11/h1-5,8,10,18H,6-7H2,(H,15,16)(H,17,19)(H,20,21). The number of aromatic amines is 1. The number of H-pyrrole nitrogens is 1. The lowest BCUT2D eigenvalue weighted by Gasteiger charge is -2.15. The molecule has 0 saturated heterocycles. The highest BCUT2D eigenvalue weighted by atomic mass is 16.4. The number of carboxylic acids is 1. The van der Waals surface area contributed by atoms with Crippen LogP contribution in [0.4, 0.5) is 0 Å². The lowest BCUT2D eigenvalue weighted by molar-refractivity contribution is 0.0684. The van der Waals surface area contributed by atoms with Crippen LogP contribution in [0.25, 0.3) is 0 Å². The monoisotopic (exact) mass is 289 g/mol. The normalized spacial score (nSPS) is 11.9. The van der Waals surface area contributed by atoms with Gasteiger partial charge in [-0.05, 0) is 12.0 Å². The highest BCUT2D eigenvalue weighted by molar-refractivity contribution is 6.02. The quantitative estimate of drug-likeness (QED) is 0.616. The first kappa shape index (κ1) is 14.7. The van der Waals surface area contributed by atoms with Crippen molar-refractivity contribution in [2.24, 2.45) is 0 Å². The molecule has 2 rings (SSSR count). The molecule has 2 aromatic rings. The summed E-state index contributed by atoms with van der Waals surface area (Å²) in [4.78, 5) is 29.1. The number of nitrogens with zero attached hydrogens (tertiary/aromatic N) is 1. The summed E-state index contributed by atoms with van der Waals surface area (Å²) in [7, 11) is 0. The molecule has 1 unspecified atom stereocenters. The number of imidazole rings is 1. The van der Waals surface area contributed by atoms with Crippen molar-refractivity contribution in [3.63, 3.8) is 0 Å². The first-order chi connectivity index (χ1) is 10.1. The van der Waals surface area contributed by atoms with Crippen molar-refractivity contribution < 1.29 is 19.8 Å². The number of benzene rings is 1. The molecule has 0 aliphatic heterocycles. The molecule has 1 aromatic heterocycles. The summed E-state index contributed by atoms with van der Waals surface area (Å²) < 4.78 is 0. The third kappa shape index (κ3) is 3.67. The van der Waals surface area contributed by atoms with Crippen LogP contribution in [0.1, 0.15) is 26.5 Å². The fourth-order valence-electron chi connectivity index (χ4n) is 1.94. The number of rotatable bonds is 6. The highest BCUT2D eigenvalue weighted by Gasteiger charge is 2.22. The molecule has 0 bridgehead atoms. The Balaban J connectivity index is 2.06. The second-order valence-corrected chi connectivity index (χ2v) is 4.47. The summed E-state index contributed by atoms with van der Waals surface area (Å²) in [6, 6.07) is 8.85. The van der Waals surface area contributed by atoms with Gasteiger partial charge in [-0.25, -0.2) is 9.78 Å². The fraction of sp³-hybridized carbons (Fsp3) is 0.214. The Labute approximate surface area is 120 Å². The number of aliphatic hydroxyl groups is 1. The number of aliphatic hydroxyl groups excluding tert-OH is 1. The van der Waals surface area contributed by atoms with Gasteiger partial charge in [-0.1, -0.05) is 30.3 Å². The van der Waals surface area contributed by atoms with Crippen molar-refractivity contribution >= 4 is 11.9 Å². The van der Waals surface area contributed by atoms with E-state index in [0.29, 0.717) is 6.42 Å². The maximum Gasteiger partial charge on any atom is 0.354 e. The van der Waals surface area contributed by atoms with E-state index in [4.69, 9.17) is 5.11 Å². The summed E-state index contributed by atoms with van der Waals surface area (Å²) in [6.45, 7) is -0.256. The molecule has 21 heavy (non-hydrogen) atoms. The van der Waals surface area contributed by atoms with Gasteiger partial charge in [0, 0.05) is 0 Å². The summed E-state index contributed by atoms with van der Waals surface area (Å²) in [5.74, 6) is -1.90. The van der Waals surface area contributed by atoms with Gasteiger partial charge in [0.2, 0.25) is 0 Å². The van der Waals surface area contributed by atoms with Gasteiger partial charge in [-0.2, -0.15) is 0 Å². The number of aromatic carboxylic acids is 1. The number of nitrogens with one attached hydrogen (secondary N) is 2. The number of carbonyl (C=O) groups excluding carboxylic acids is 1. The van der Waals surface area contributed by atoms with Crippen LogP contribution in [-0.2, 0) is 6.42 Å². The molecule has 110 valence electrons. The van der Waals surface area contributed by atoms with Crippen LogP contribution >= 0.6 is 0 Å². The molecule has 0 spiro atoms.